The minimum atomic E-state index is -0.484. The zero-order chi connectivity index (χ0) is 17.6. The molecule has 0 saturated carbocycles. The van der Waals surface area contributed by atoms with Crippen molar-refractivity contribution in [3.63, 3.8) is 0 Å². The Bertz CT molecular complexity index is 787. The van der Waals surface area contributed by atoms with Crippen LogP contribution in [0.5, 0.6) is 11.5 Å². The van der Waals surface area contributed by atoms with Gasteiger partial charge in [-0.15, -0.1) is 0 Å². The molecule has 0 unspecified atom stereocenters. The summed E-state index contributed by atoms with van der Waals surface area (Å²) in [6.07, 6.45) is 0.845. The quantitative estimate of drug-likeness (QED) is 0.847. The third kappa shape index (κ3) is 4.09. The Balaban J connectivity index is 1.61. The number of hydrogen-bond acceptors (Lipinski definition) is 5. The van der Waals surface area contributed by atoms with E-state index in [2.05, 4.69) is 5.32 Å². The normalized spacial score (nSPS) is 12.4. The first kappa shape index (κ1) is 16.8. The summed E-state index contributed by atoms with van der Waals surface area (Å²) < 4.78 is 15.7. The highest BCUT2D eigenvalue weighted by atomic mass is 16.6. The Morgan fingerprint density at radius 2 is 1.84 bits per heavy atom. The van der Waals surface area contributed by atoms with E-state index in [0.717, 1.165) is 11.3 Å². The molecule has 3 rings (SSSR count). The number of amides is 1. The van der Waals surface area contributed by atoms with Crippen molar-refractivity contribution in [2.24, 2.45) is 0 Å². The van der Waals surface area contributed by atoms with Gasteiger partial charge in [0.2, 0.25) is 5.91 Å². The fourth-order valence-corrected chi connectivity index (χ4v) is 2.59. The summed E-state index contributed by atoms with van der Waals surface area (Å²) in [6, 6.07) is 12.4. The zero-order valence-electron chi connectivity index (χ0n) is 13.9. The maximum atomic E-state index is 12.2. The molecule has 0 spiro atoms. The molecule has 6 nitrogen and oxygen atoms in total. The van der Waals surface area contributed by atoms with Crippen LogP contribution in [0.2, 0.25) is 0 Å². The molecular weight excluding hydrogens is 322 g/mol. The minimum absolute atomic E-state index is 0.175. The van der Waals surface area contributed by atoms with E-state index in [4.69, 9.17) is 14.2 Å². The second-order valence-corrected chi connectivity index (χ2v) is 5.56. The minimum Gasteiger partial charge on any atom is -0.486 e. The van der Waals surface area contributed by atoms with Gasteiger partial charge >= 0.3 is 5.97 Å². The fraction of sp³-hybridized carbons (Fsp3) is 0.263. The first-order valence-corrected chi connectivity index (χ1v) is 8.03. The lowest BCUT2D eigenvalue weighted by Gasteiger charge is -2.18. The van der Waals surface area contributed by atoms with Crippen molar-refractivity contribution in [1.82, 2.24) is 0 Å². The highest BCUT2D eigenvalue weighted by Gasteiger charge is 2.14. The Morgan fingerprint density at radius 1 is 1.08 bits per heavy atom. The number of carbonyl (C=O) groups excluding carboxylic acids is 2. The average Bonchev–Trinajstić information content (AvgIpc) is 2.66. The Morgan fingerprint density at radius 3 is 2.64 bits per heavy atom. The van der Waals surface area contributed by atoms with Crippen molar-refractivity contribution >= 4 is 17.6 Å². The lowest BCUT2D eigenvalue weighted by molar-refractivity contribution is -0.116. The van der Waals surface area contributed by atoms with Gasteiger partial charge in [-0.1, -0.05) is 18.2 Å². The van der Waals surface area contributed by atoms with E-state index in [9.17, 15) is 9.59 Å². The van der Waals surface area contributed by atoms with Crippen LogP contribution in [0.4, 0.5) is 5.69 Å². The van der Waals surface area contributed by atoms with Gasteiger partial charge in [0.05, 0.1) is 18.4 Å². The molecular formula is C19H19NO5. The second-order valence-electron chi connectivity index (χ2n) is 5.56. The maximum absolute atomic E-state index is 12.2. The predicted molar refractivity (Wildman–Crippen MR) is 92.2 cm³/mol. The molecule has 1 aliphatic heterocycles. The van der Waals surface area contributed by atoms with Crippen LogP contribution in [0.25, 0.3) is 0 Å². The van der Waals surface area contributed by atoms with Gasteiger partial charge < -0.3 is 19.5 Å². The van der Waals surface area contributed by atoms with Crippen LogP contribution in [0.1, 0.15) is 22.3 Å². The van der Waals surface area contributed by atoms with Gasteiger partial charge in [0, 0.05) is 6.42 Å². The summed E-state index contributed by atoms with van der Waals surface area (Å²) >= 11 is 0. The molecule has 0 atom stereocenters. The van der Waals surface area contributed by atoms with Gasteiger partial charge in [0.1, 0.15) is 13.2 Å². The number of para-hydroxylation sites is 1. The summed E-state index contributed by atoms with van der Waals surface area (Å²) in [5.41, 5.74) is 1.76. The molecule has 1 heterocycles. The van der Waals surface area contributed by atoms with Crippen LogP contribution in [0.15, 0.2) is 42.5 Å². The highest BCUT2D eigenvalue weighted by Crippen LogP contribution is 2.31. The molecule has 0 radical (unpaired) electrons. The van der Waals surface area contributed by atoms with Gasteiger partial charge in [-0.25, -0.2) is 4.79 Å². The number of methoxy groups -OCH3 is 1. The van der Waals surface area contributed by atoms with E-state index < -0.39 is 5.97 Å². The summed E-state index contributed by atoms with van der Waals surface area (Å²) in [5.74, 6) is 0.778. The van der Waals surface area contributed by atoms with Crippen LogP contribution < -0.4 is 14.8 Å². The number of esters is 1. The van der Waals surface area contributed by atoms with Crippen LogP contribution in [0, 0.1) is 0 Å². The van der Waals surface area contributed by atoms with E-state index in [1.807, 2.05) is 18.2 Å². The van der Waals surface area contributed by atoms with Crippen LogP contribution in [0.3, 0.4) is 0 Å². The van der Waals surface area contributed by atoms with Crippen LogP contribution in [-0.4, -0.2) is 32.2 Å². The number of anilines is 1. The number of aryl methyl sites for hydroxylation is 1. The van der Waals surface area contributed by atoms with Gasteiger partial charge in [-0.2, -0.15) is 0 Å². The van der Waals surface area contributed by atoms with E-state index in [-0.39, 0.29) is 12.3 Å². The molecule has 0 aromatic heterocycles. The number of fused-ring (bicyclic) bond motifs is 1. The first-order chi connectivity index (χ1) is 12.2. The molecule has 0 fully saturated rings. The Labute approximate surface area is 145 Å². The highest BCUT2D eigenvalue weighted by molar-refractivity contribution is 6.01. The third-order valence-corrected chi connectivity index (χ3v) is 3.85. The number of benzene rings is 2. The molecule has 25 heavy (non-hydrogen) atoms. The van der Waals surface area contributed by atoms with Crippen molar-refractivity contribution in [2.45, 2.75) is 12.8 Å². The average molecular weight is 341 g/mol. The summed E-state index contributed by atoms with van der Waals surface area (Å²) in [5, 5.41) is 2.76. The zero-order valence-corrected chi connectivity index (χ0v) is 13.9. The van der Waals surface area contributed by atoms with Crippen molar-refractivity contribution < 1.29 is 23.8 Å². The SMILES string of the molecule is COC(=O)c1ccccc1NC(=O)CCc1ccc2c(c1)OCCO2. The van der Waals surface area contributed by atoms with Gasteiger partial charge in [0.15, 0.2) is 11.5 Å². The van der Waals surface area contributed by atoms with E-state index in [1.165, 1.54) is 7.11 Å². The summed E-state index contributed by atoms with van der Waals surface area (Å²) in [4.78, 5) is 24.0. The Kier molecular flexibility index (Phi) is 5.18. The monoisotopic (exact) mass is 341 g/mol. The van der Waals surface area contributed by atoms with Crippen LogP contribution >= 0.6 is 0 Å². The molecule has 0 aliphatic carbocycles. The van der Waals surface area contributed by atoms with E-state index in [0.29, 0.717) is 36.6 Å². The van der Waals surface area contributed by atoms with Crippen molar-refractivity contribution in [3.8, 4) is 11.5 Å². The van der Waals surface area contributed by atoms with Crippen LogP contribution in [-0.2, 0) is 16.0 Å². The van der Waals surface area contributed by atoms with Crippen molar-refractivity contribution in [3.05, 3.63) is 53.6 Å². The third-order valence-electron chi connectivity index (χ3n) is 3.85. The largest absolute Gasteiger partial charge is 0.486 e. The van der Waals surface area contributed by atoms with E-state index >= 15 is 0 Å². The fourth-order valence-electron chi connectivity index (χ4n) is 2.59. The van der Waals surface area contributed by atoms with Crippen molar-refractivity contribution in [2.75, 3.05) is 25.6 Å². The topological polar surface area (TPSA) is 73.9 Å². The molecule has 0 bridgehead atoms. The molecule has 1 aliphatic rings. The van der Waals surface area contributed by atoms with Gasteiger partial charge in [-0.05, 0) is 36.2 Å². The standard InChI is InChI=1S/C19H19NO5/c1-23-19(22)14-4-2-3-5-15(14)20-18(21)9-7-13-6-8-16-17(12-13)25-11-10-24-16/h2-6,8,12H,7,9-11H2,1H3,(H,20,21). The number of rotatable bonds is 5. The van der Waals surface area contributed by atoms with E-state index in [1.54, 1.807) is 24.3 Å². The first-order valence-electron chi connectivity index (χ1n) is 8.03. The molecule has 6 heteroatoms. The Hall–Kier alpha value is -3.02. The smallest absolute Gasteiger partial charge is 0.339 e. The lowest BCUT2D eigenvalue weighted by Crippen LogP contribution is -2.16. The maximum Gasteiger partial charge on any atom is 0.339 e. The molecule has 130 valence electrons. The van der Waals surface area contributed by atoms with Crippen molar-refractivity contribution in [1.29, 1.82) is 0 Å². The second kappa shape index (κ2) is 7.70. The molecule has 2 aromatic carbocycles. The molecule has 0 saturated heterocycles. The number of ether oxygens (including phenoxy) is 3. The number of carbonyl (C=O) groups is 2. The molecule has 1 amide bonds. The lowest BCUT2D eigenvalue weighted by atomic mass is 10.1. The molecule has 1 N–H and O–H groups in total. The predicted octanol–water partition coefficient (Wildman–Crippen LogP) is 2.82. The molecule has 2 aromatic rings. The number of nitrogens with one attached hydrogen (secondary N) is 1. The summed E-state index contributed by atoms with van der Waals surface area (Å²) in [6.45, 7) is 1.08. The number of hydrogen-bond donors (Lipinski definition) is 1. The summed E-state index contributed by atoms with van der Waals surface area (Å²) in [7, 11) is 1.31. The van der Waals surface area contributed by atoms with Gasteiger partial charge in [-0.3, -0.25) is 4.79 Å². The van der Waals surface area contributed by atoms with Gasteiger partial charge in [0.25, 0.3) is 0 Å².